The summed E-state index contributed by atoms with van der Waals surface area (Å²) in [6.45, 7) is 6.17. The molecule has 0 amide bonds. The van der Waals surface area contributed by atoms with Crippen molar-refractivity contribution in [2.24, 2.45) is 0 Å². The van der Waals surface area contributed by atoms with Crippen molar-refractivity contribution in [3.8, 4) is 0 Å². The normalized spacial score (nSPS) is 16.5. The molecule has 0 bridgehead atoms. The Morgan fingerprint density at radius 2 is 1.97 bits per heavy atom. The average Bonchev–Trinajstić information content (AvgIpc) is 3.61. The number of rotatable bonds is 8. The minimum absolute atomic E-state index is 0.181. The van der Waals surface area contributed by atoms with Crippen molar-refractivity contribution < 1.29 is 5.11 Å². The minimum atomic E-state index is 0.181. The lowest BCUT2D eigenvalue weighted by Crippen LogP contribution is -2.47. The summed E-state index contributed by atoms with van der Waals surface area (Å²) in [5.41, 5.74) is 3.48. The van der Waals surface area contributed by atoms with Crippen LogP contribution in [0.4, 0.5) is 17.7 Å². The number of anilines is 3. The predicted octanol–water partition coefficient (Wildman–Crippen LogP) is 2.44. The fourth-order valence-corrected chi connectivity index (χ4v) is 5.14. The van der Waals surface area contributed by atoms with Crippen LogP contribution in [-0.2, 0) is 0 Å². The second kappa shape index (κ2) is 10.1. The van der Waals surface area contributed by atoms with Gasteiger partial charge in [-0.15, -0.1) is 20.7 Å². The summed E-state index contributed by atoms with van der Waals surface area (Å²) >= 11 is 0.302. The Labute approximate surface area is 202 Å². The van der Waals surface area contributed by atoms with Gasteiger partial charge in [-0.25, -0.2) is 0 Å². The summed E-state index contributed by atoms with van der Waals surface area (Å²) in [6.07, 6.45) is 4.01. The van der Waals surface area contributed by atoms with Gasteiger partial charge in [0.05, 0.1) is 6.61 Å². The lowest BCUT2D eigenvalue weighted by Gasteiger charge is -2.34. The molecule has 3 aromatic rings. The second-order valence-electron chi connectivity index (χ2n) is 8.06. The molecular weight excluding hydrogens is 531 g/mol. The van der Waals surface area contributed by atoms with Crippen molar-refractivity contribution >= 4 is 54.1 Å². The molecule has 0 aliphatic carbocycles. The number of hydrogen-bond donors (Lipinski definition) is 3. The molecule has 0 saturated carbocycles. The first-order valence-electron chi connectivity index (χ1n) is 11.0. The van der Waals surface area contributed by atoms with Gasteiger partial charge in [0.15, 0.2) is 11.6 Å². The van der Waals surface area contributed by atoms with Crippen molar-refractivity contribution in [1.29, 1.82) is 0 Å². The highest BCUT2D eigenvalue weighted by molar-refractivity contribution is 14.2. The molecule has 1 saturated heterocycles. The summed E-state index contributed by atoms with van der Waals surface area (Å²) < 4.78 is 2.95. The minimum Gasteiger partial charge on any atom is -0.395 e. The predicted molar refractivity (Wildman–Crippen MR) is 141 cm³/mol. The fraction of sp³-hybridized carbons (Fsp3) is 0.348. The summed E-state index contributed by atoms with van der Waals surface area (Å²) in [5.74, 6) is 2.39. The van der Waals surface area contributed by atoms with Crippen LogP contribution in [-0.4, -0.2) is 82.4 Å². The molecule has 1 fully saturated rings. The van der Waals surface area contributed by atoms with E-state index in [1.165, 1.54) is 9.99 Å². The number of nitrogens with zero attached hydrogens (tertiary/aromatic N) is 6. The van der Waals surface area contributed by atoms with Gasteiger partial charge in [0.2, 0.25) is 11.9 Å². The van der Waals surface area contributed by atoms with E-state index in [1.54, 1.807) is 3.51 Å². The van der Waals surface area contributed by atoms with E-state index in [-0.39, 0.29) is 6.61 Å². The largest absolute Gasteiger partial charge is 0.395 e. The molecule has 2 aromatic heterocycles. The first kappa shape index (κ1) is 22.1. The zero-order valence-electron chi connectivity index (χ0n) is 18.5. The second-order valence-corrected chi connectivity index (χ2v) is 10.9. The van der Waals surface area contributed by atoms with E-state index in [0.717, 1.165) is 37.4 Å². The van der Waals surface area contributed by atoms with Gasteiger partial charge in [0.1, 0.15) is 0 Å². The average molecular weight is 558 g/mol. The van der Waals surface area contributed by atoms with Gasteiger partial charge in [-0.05, 0) is 33.7 Å². The van der Waals surface area contributed by atoms with Crippen LogP contribution >= 0.6 is 20.7 Å². The molecule has 1 aromatic carbocycles. The summed E-state index contributed by atoms with van der Waals surface area (Å²) in [7, 11) is 0. The number of alkyl halides is 1. The van der Waals surface area contributed by atoms with Crippen LogP contribution in [0.2, 0.25) is 0 Å². The molecule has 3 N–H and O–H groups in total. The van der Waals surface area contributed by atoms with Crippen LogP contribution < -0.4 is 10.2 Å². The lowest BCUT2D eigenvalue weighted by molar-refractivity contribution is 0.188. The van der Waals surface area contributed by atoms with Crippen LogP contribution in [0.3, 0.4) is 0 Å². The first-order chi connectivity index (χ1) is 16.2. The number of hydrogen-bond acceptors (Lipinski definition) is 8. The Morgan fingerprint density at radius 3 is 2.70 bits per heavy atom. The monoisotopic (exact) mass is 558 g/mol. The summed E-state index contributed by atoms with van der Waals surface area (Å²) in [4.78, 5) is 18.4. The first-order valence-corrected chi connectivity index (χ1v) is 13.6. The van der Waals surface area contributed by atoms with E-state index in [1.807, 2.05) is 19.1 Å². The number of nitrogens with one attached hydrogen (secondary N) is 2. The lowest BCUT2D eigenvalue weighted by atomic mass is 10.1. The molecule has 2 aliphatic rings. The van der Waals surface area contributed by atoms with E-state index in [9.17, 15) is 5.11 Å². The van der Waals surface area contributed by atoms with Gasteiger partial charge in [0.25, 0.3) is 0 Å². The molecular formula is C23H27IN8O. The van der Waals surface area contributed by atoms with Crippen molar-refractivity contribution in [3.05, 3.63) is 53.0 Å². The Kier molecular flexibility index (Phi) is 6.74. The van der Waals surface area contributed by atoms with Crippen LogP contribution in [0.5, 0.6) is 0 Å². The van der Waals surface area contributed by atoms with Crippen molar-refractivity contribution in [3.63, 3.8) is 0 Å². The highest BCUT2D eigenvalue weighted by Crippen LogP contribution is 2.26. The van der Waals surface area contributed by atoms with Gasteiger partial charge in [-0.3, -0.25) is 10.00 Å². The zero-order valence-corrected chi connectivity index (χ0v) is 20.7. The van der Waals surface area contributed by atoms with Gasteiger partial charge < -0.3 is 15.3 Å². The van der Waals surface area contributed by atoms with E-state index in [4.69, 9.17) is 4.98 Å². The highest BCUT2D eigenvalue weighted by atomic mass is 127. The molecule has 0 spiro atoms. The maximum absolute atomic E-state index is 9.21. The maximum Gasteiger partial charge on any atom is 0.233 e. The van der Waals surface area contributed by atoms with Crippen LogP contribution in [0.15, 0.2) is 30.3 Å². The topological polar surface area (TPSA) is 106 Å². The van der Waals surface area contributed by atoms with E-state index >= 15 is 0 Å². The number of aliphatic hydroxyl groups excluding tert-OH is 1. The van der Waals surface area contributed by atoms with E-state index < -0.39 is 0 Å². The molecule has 0 radical (unpaired) electrons. The number of halogens is 1. The van der Waals surface area contributed by atoms with Gasteiger partial charge in [-0.2, -0.15) is 20.1 Å². The molecule has 172 valence electrons. The molecule has 9 nitrogen and oxygen atoms in total. The number of H-pyrrole nitrogens is 1. The zero-order chi connectivity index (χ0) is 22.6. The van der Waals surface area contributed by atoms with Crippen LogP contribution in [0.25, 0.3) is 12.2 Å². The smallest absolute Gasteiger partial charge is 0.233 e. The number of aryl methyl sites for hydroxylation is 1. The molecule has 0 atom stereocenters. The third-order valence-electron chi connectivity index (χ3n) is 5.55. The molecule has 5 rings (SSSR count). The Hall–Kier alpha value is -2.70. The Balaban J connectivity index is 1.39. The third-order valence-corrected chi connectivity index (χ3v) is 7.70. The molecule has 10 heteroatoms. The van der Waals surface area contributed by atoms with Crippen molar-refractivity contribution in [2.45, 2.75) is 6.92 Å². The maximum atomic E-state index is 9.21. The number of piperazine rings is 1. The Bertz CT molecular complexity index is 1180. The van der Waals surface area contributed by atoms with E-state index in [0.29, 0.717) is 50.8 Å². The quantitative estimate of drug-likeness (QED) is 0.286. The Morgan fingerprint density at radius 1 is 1.12 bits per heavy atom. The highest BCUT2D eigenvalue weighted by Gasteiger charge is 2.20. The molecule has 4 heterocycles. The van der Waals surface area contributed by atoms with E-state index in [2.05, 4.69) is 65.6 Å². The summed E-state index contributed by atoms with van der Waals surface area (Å²) in [5, 5.41) is 19.6. The fourth-order valence-electron chi connectivity index (χ4n) is 3.73. The SMILES string of the molecule is Cc1cc(Nc2nc(/C=C/c3cccc(C4=IC4)c3)nc(N3CCN(CCO)CC3)n2)n[nH]1. The third kappa shape index (κ3) is 5.81. The number of aliphatic hydroxyl groups is 1. The summed E-state index contributed by atoms with van der Waals surface area (Å²) in [6, 6.07) is 10.6. The number of benzene rings is 1. The van der Waals surface area contributed by atoms with Gasteiger partial charge in [0, 0.05) is 48.9 Å². The molecule has 33 heavy (non-hydrogen) atoms. The number of β-amino-alcohol motifs (C(OH)–C–C–N with tert-alkyl or cyclic N) is 1. The van der Waals surface area contributed by atoms with Gasteiger partial charge in [-0.1, -0.05) is 24.3 Å². The molecule has 2 aliphatic heterocycles. The van der Waals surface area contributed by atoms with Gasteiger partial charge >= 0.3 is 0 Å². The van der Waals surface area contributed by atoms with Crippen LogP contribution in [0.1, 0.15) is 22.6 Å². The van der Waals surface area contributed by atoms with Crippen LogP contribution in [0, 0.1) is 6.92 Å². The van der Waals surface area contributed by atoms with Crippen molar-refractivity contribution in [2.75, 3.05) is 54.0 Å². The standard InChI is InChI=1S/C23H27IN8O/c1-16-13-21(30-29-16)26-22-25-20(6-5-17-3-2-4-18(14-17)19-15-24-19)27-23(28-22)32-9-7-31(8-10-32)11-12-33/h2-6,13-14,33H,7-12,15H2,1H3,(H2,25,26,27,28,29,30)/b6-5+. The number of aromatic nitrogens is 5. The van der Waals surface area contributed by atoms with Crippen molar-refractivity contribution in [1.82, 2.24) is 30.0 Å². The molecule has 0 unspecified atom stereocenters. The number of aromatic amines is 1.